The molecule has 1 heterocycles. The molecular weight excluding hydrogens is 198 g/mol. The molecule has 0 spiro atoms. The van der Waals surface area contributed by atoms with Crippen LogP contribution in [0.5, 0.6) is 0 Å². The largest absolute Gasteiger partial charge is 0.322 e. The summed E-state index contributed by atoms with van der Waals surface area (Å²) in [6.07, 6.45) is 4.49. The van der Waals surface area contributed by atoms with Gasteiger partial charge in [0.15, 0.2) is 0 Å². The van der Waals surface area contributed by atoms with Gasteiger partial charge in [-0.3, -0.25) is 0 Å². The van der Waals surface area contributed by atoms with Crippen molar-refractivity contribution in [1.29, 1.82) is 0 Å². The molecule has 0 aliphatic heterocycles. The number of hydrogen-bond donors (Lipinski definition) is 1. The van der Waals surface area contributed by atoms with Crippen LogP contribution in [0.15, 0.2) is 6.20 Å². The molecule has 2 unspecified atom stereocenters. The van der Waals surface area contributed by atoms with Crippen LogP contribution in [0, 0.1) is 5.92 Å². The summed E-state index contributed by atoms with van der Waals surface area (Å²) in [7, 11) is 3.99. The maximum absolute atomic E-state index is 5.92. The van der Waals surface area contributed by atoms with Crippen molar-refractivity contribution in [2.75, 3.05) is 13.6 Å². The number of halogens is 1. The van der Waals surface area contributed by atoms with Crippen LogP contribution in [-0.4, -0.2) is 23.1 Å². The van der Waals surface area contributed by atoms with Gasteiger partial charge in [-0.15, -0.1) is 0 Å². The van der Waals surface area contributed by atoms with E-state index in [1.54, 1.807) is 0 Å². The molecule has 1 aliphatic rings. The molecule has 0 bridgehead atoms. The van der Waals surface area contributed by atoms with Crippen molar-refractivity contribution in [3.63, 3.8) is 0 Å². The van der Waals surface area contributed by atoms with Gasteiger partial charge >= 0.3 is 0 Å². The van der Waals surface area contributed by atoms with Gasteiger partial charge in [-0.05, 0) is 44.0 Å². The molecular formula is C10H16ClN3. The second kappa shape index (κ2) is 3.91. The zero-order valence-corrected chi connectivity index (χ0v) is 9.38. The van der Waals surface area contributed by atoms with Gasteiger partial charge in [-0.25, -0.2) is 4.98 Å². The van der Waals surface area contributed by atoms with Crippen molar-refractivity contribution in [2.45, 2.75) is 18.8 Å². The molecule has 0 radical (unpaired) electrons. The normalized spacial score (nSPS) is 26.2. The van der Waals surface area contributed by atoms with E-state index in [1.165, 1.54) is 18.5 Å². The molecule has 14 heavy (non-hydrogen) atoms. The van der Waals surface area contributed by atoms with Crippen molar-refractivity contribution < 1.29 is 0 Å². The van der Waals surface area contributed by atoms with Crippen LogP contribution >= 0.6 is 11.6 Å². The van der Waals surface area contributed by atoms with E-state index < -0.39 is 0 Å². The Morgan fingerprint density at radius 2 is 2.43 bits per heavy atom. The molecule has 4 heteroatoms. The van der Waals surface area contributed by atoms with E-state index in [-0.39, 0.29) is 0 Å². The average molecular weight is 214 g/mol. The zero-order valence-electron chi connectivity index (χ0n) is 8.63. The summed E-state index contributed by atoms with van der Waals surface area (Å²) in [6, 6.07) is 0. The molecule has 3 nitrogen and oxygen atoms in total. The Hall–Kier alpha value is -0.540. The summed E-state index contributed by atoms with van der Waals surface area (Å²) in [5, 5.41) is 3.83. The van der Waals surface area contributed by atoms with E-state index in [1.807, 2.05) is 24.9 Å². The van der Waals surface area contributed by atoms with Crippen LogP contribution in [0.1, 0.15) is 24.5 Å². The molecule has 0 amide bonds. The van der Waals surface area contributed by atoms with Gasteiger partial charge in [-0.1, -0.05) is 0 Å². The molecule has 1 aromatic heterocycles. The Kier molecular flexibility index (Phi) is 2.79. The quantitative estimate of drug-likeness (QED) is 0.830. The highest BCUT2D eigenvalue weighted by molar-refractivity contribution is 6.28. The Morgan fingerprint density at radius 1 is 1.64 bits per heavy atom. The number of imidazole rings is 1. The van der Waals surface area contributed by atoms with Gasteiger partial charge < -0.3 is 9.88 Å². The molecule has 0 aromatic carbocycles. The highest BCUT2D eigenvalue weighted by atomic mass is 35.5. The second-order valence-electron chi connectivity index (χ2n) is 4.01. The number of nitrogens with zero attached hydrogens (tertiary/aromatic N) is 2. The Labute approximate surface area is 89.5 Å². The Morgan fingerprint density at radius 3 is 2.86 bits per heavy atom. The van der Waals surface area contributed by atoms with Crippen molar-refractivity contribution in [1.82, 2.24) is 14.9 Å². The molecule has 78 valence electrons. The predicted octanol–water partition coefficient (Wildman–Crippen LogP) is 1.79. The van der Waals surface area contributed by atoms with Crippen LogP contribution in [0.4, 0.5) is 0 Å². The first-order valence-corrected chi connectivity index (χ1v) is 5.43. The minimum absolute atomic E-state index is 0.593. The fraction of sp³-hybridized carbons (Fsp3) is 0.700. The first-order valence-electron chi connectivity index (χ1n) is 5.05. The van der Waals surface area contributed by atoms with Gasteiger partial charge in [0.05, 0.1) is 6.20 Å². The first kappa shape index (κ1) is 9.99. The van der Waals surface area contributed by atoms with Gasteiger partial charge in [0.1, 0.15) is 0 Å². The summed E-state index contributed by atoms with van der Waals surface area (Å²) >= 11 is 5.92. The summed E-state index contributed by atoms with van der Waals surface area (Å²) in [6.45, 7) is 1.09. The van der Waals surface area contributed by atoms with E-state index in [9.17, 15) is 0 Å². The van der Waals surface area contributed by atoms with E-state index in [0.717, 1.165) is 12.5 Å². The SMILES string of the molecule is CNCC1CCC1c1cnc(Cl)n1C. The molecule has 0 saturated heterocycles. The maximum atomic E-state index is 5.92. The number of nitrogens with one attached hydrogen (secondary N) is 1. The minimum Gasteiger partial charge on any atom is -0.322 e. The minimum atomic E-state index is 0.593. The summed E-state index contributed by atoms with van der Waals surface area (Å²) in [4.78, 5) is 4.12. The number of hydrogen-bond acceptors (Lipinski definition) is 2. The van der Waals surface area contributed by atoms with E-state index in [4.69, 9.17) is 11.6 Å². The molecule has 1 saturated carbocycles. The van der Waals surface area contributed by atoms with Gasteiger partial charge in [-0.2, -0.15) is 0 Å². The molecule has 1 aliphatic carbocycles. The zero-order chi connectivity index (χ0) is 10.1. The first-order chi connectivity index (χ1) is 6.74. The fourth-order valence-corrected chi connectivity index (χ4v) is 2.35. The van der Waals surface area contributed by atoms with E-state index in [0.29, 0.717) is 11.2 Å². The van der Waals surface area contributed by atoms with Crippen molar-refractivity contribution in [2.24, 2.45) is 13.0 Å². The fourth-order valence-electron chi connectivity index (χ4n) is 2.21. The predicted molar refractivity (Wildman–Crippen MR) is 57.6 cm³/mol. The number of rotatable bonds is 3. The van der Waals surface area contributed by atoms with Crippen molar-refractivity contribution >= 4 is 11.6 Å². The van der Waals surface area contributed by atoms with E-state index in [2.05, 4.69) is 10.3 Å². The van der Waals surface area contributed by atoms with Crippen LogP contribution in [0.2, 0.25) is 5.28 Å². The Balaban J connectivity index is 2.12. The van der Waals surface area contributed by atoms with Gasteiger partial charge in [0.2, 0.25) is 5.28 Å². The Bertz CT molecular complexity index is 321. The van der Waals surface area contributed by atoms with Crippen molar-refractivity contribution in [3.05, 3.63) is 17.2 Å². The number of aromatic nitrogens is 2. The summed E-state index contributed by atoms with van der Waals surface area (Å²) in [5.41, 5.74) is 1.28. The molecule has 2 rings (SSSR count). The molecule has 2 atom stereocenters. The highest BCUT2D eigenvalue weighted by Crippen LogP contribution is 2.42. The standard InChI is InChI=1S/C10H16ClN3/c1-12-5-7-3-4-8(7)9-6-13-10(11)14(9)2/h6-8,12H,3-5H2,1-2H3. The lowest BCUT2D eigenvalue weighted by atomic mass is 9.72. The average Bonchev–Trinajstić information content (AvgIpc) is 2.44. The van der Waals surface area contributed by atoms with Crippen LogP contribution in [0.25, 0.3) is 0 Å². The van der Waals surface area contributed by atoms with Gasteiger partial charge in [0.25, 0.3) is 0 Å². The monoisotopic (exact) mass is 213 g/mol. The van der Waals surface area contributed by atoms with Crippen LogP contribution in [-0.2, 0) is 7.05 Å². The maximum Gasteiger partial charge on any atom is 0.202 e. The van der Waals surface area contributed by atoms with Crippen LogP contribution < -0.4 is 5.32 Å². The topological polar surface area (TPSA) is 29.9 Å². The summed E-state index contributed by atoms with van der Waals surface area (Å²) < 4.78 is 1.99. The van der Waals surface area contributed by atoms with Crippen LogP contribution in [0.3, 0.4) is 0 Å². The van der Waals surface area contributed by atoms with Gasteiger partial charge in [0, 0.05) is 18.7 Å². The highest BCUT2D eigenvalue weighted by Gasteiger charge is 2.33. The smallest absolute Gasteiger partial charge is 0.202 e. The summed E-state index contributed by atoms with van der Waals surface area (Å²) in [5.74, 6) is 1.40. The molecule has 1 fully saturated rings. The lowest BCUT2D eigenvalue weighted by molar-refractivity contribution is 0.242. The molecule has 1 N–H and O–H groups in total. The second-order valence-corrected chi connectivity index (χ2v) is 4.35. The third-order valence-corrected chi connectivity index (χ3v) is 3.58. The van der Waals surface area contributed by atoms with Crippen molar-refractivity contribution in [3.8, 4) is 0 Å². The third kappa shape index (κ3) is 1.55. The van der Waals surface area contributed by atoms with E-state index >= 15 is 0 Å². The third-order valence-electron chi connectivity index (χ3n) is 3.23. The lowest BCUT2D eigenvalue weighted by Crippen LogP contribution is -2.33. The lowest BCUT2D eigenvalue weighted by Gasteiger charge is -2.36. The molecule has 1 aromatic rings.